The molecule has 232 valence electrons. The van der Waals surface area contributed by atoms with Crippen LogP contribution in [0.3, 0.4) is 0 Å². The minimum absolute atomic E-state index is 0.0335. The van der Waals surface area contributed by atoms with E-state index in [9.17, 15) is 22.7 Å². The standard InChI is InChI=1S/C38H32FNO5S/c39-31-10-6-9-27(23-31)24-34(38(41)42)40-21-22-46(43,44)32-19-17-29(18-20-32)28-13-15-30(16-14-28)37-33-11-4-5-12-35(33)45-36(37)25-26-7-2-1-3-8-26/h1-20,23,34,40H,21-22,24-25H2,(H,41,42). The number of carbonyl (C=O) groups is 1. The van der Waals surface area contributed by atoms with E-state index >= 15 is 0 Å². The molecule has 46 heavy (non-hydrogen) atoms. The van der Waals surface area contributed by atoms with Crippen LogP contribution in [0.25, 0.3) is 33.2 Å². The van der Waals surface area contributed by atoms with Gasteiger partial charge in [0.15, 0.2) is 9.84 Å². The van der Waals surface area contributed by atoms with Gasteiger partial charge < -0.3 is 14.8 Å². The number of hydrogen-bond donors (Lipinski definition) is 2. The van der Waals surface area contributed by atoms with Crippen LogP contribution in [0.4, 0.5) is 4.39 Å². The van der Waals surface area contributed by atoms with Crippen molar-refractivity contribution < 1.29 is 27.1 Å². The van der Waals surface area contributed by atoms with Crippen LogP contribution in [-0.4, -0.2) is 37.8 Å². The van der Waals surface area contributed by atoms with Crippen molar-refractivity contribution in [1.29, 1.82) is 0 Å². The minimum Gasteiger partial charge on any atom is -0.480 e. The average Bonchev–Trinajstić information content (AvgIpc) is 3.42. The van der Waals surface area contributed by atoms with E-state index in [1.807, 2.05) is 48.5 Å². The molecule has 0 aliphatic heterocycles. The number of halogens is 1. The number of fused-ring (bicyclic) bond motifs is 1. The molecule has 1 heterocycles. The lowest BCUT2D eigenvalue weighted by Gasteiger charge is -2.15. The SMILES string of the molecule is O=C(O)C(Cc1cccc(F)c1)NCCS(=O)(=O)c1ccc(-c2ccc(-c3c(Cc4ccccc4)oc4ccccc34)cc2)cc1. The number of furan rings is 1. The number of carboxylic acids is 1. The summed E-state index contributed by atoms with van der Waals surface area (Å²) >= 11 is 0. The van der Waals surface area contributed by atoms with Gasteiger partial charge in [-0.2, -0.15) is 0 Å². The fourth-order valence-electron chi connectivity index (χ4n) is 5.63. The first-order valence-electron chi connectivity index (χ1n) is 15.0. The smallest absolute Gasteiger partial charge is 0.321 e. The molecule has 0 fully saturated rings. The lowest BCUT2D eigenvalue weighted by molar-refractivity contribution is -0.139. The van der Waals surface area contributed by atoms with Crippen molar-refractivity contribution in [3.05, 3.63) is 150 Å². The van der Waals surface area contributed by atoms with Gasteiger partial charge in [-0.1, -0.05) is 97.1 Å². The largest absolute Gasteiger partial charge is 0.480 e. The maximum absolute atomic E-state index is 13.5. The molecule has 0 bridgehead atoms. The van der Waals surface area contributed by atoms with Crippen LogP contribution in [0.5, 0.6) is 0 Å². The van der Waals surface area contributed by atoms with Crippen LogP contribution in [-0.2, 0) is 27.5 Å². The van der Waals surface area contributed by atoms with E-state index in [1.54, 1.807) is 30.3 Å². The molecule has 0 spiro atoms. The molecule has 0 saturated heterocycles. The summed E-state index contributed by atoms with van der Waals surface area (Å²) in [5, 5.41) is 13.4. The summed E-state index contributed by atoms with van der Waals surface area (Å²) < 4.78 is 45.9. The van der Waals surface area contributed by atoms with E-state index in [-0.39, 0.29) is 23.6 Å². The number of para-hydroxylation sites is 1. The Morgan fingerprint density at radius 1 is 0.761 bits per heavy atom. The quantitative estimate of drug-likeness (QED) is 0.144. The highest BCUT2D eigenvalue weighted by atomic mass is 32.2. The molecule has 1 atom stereocenters. The Balaban J connectivity index is 1.14. The topological polar surface area (TPSA) is 96.6 Å². The predicted molar refractivity (Wildman–Crippen MR) is 178 cm³/mol. The van der Waals surface area contributed by atoms with Crippen molar-refractivity contribution in [2.45, 2.75) is 23.8 Å². The predicted octanol–water partition coefficient (Wildman–Crippen LogP) is 7.56. The molecule has 0 saturated carbocycles. The third-order valence-electron chi connectivity index (χ3n) is 7.98. The molecular formula is C38H32FNO5S. The van der Waals surface area contributed by atoms with Gasteiger partial charge in [-0.3, -0.25) is 4.79 Å². The molecule has 1 aromatic heterocycles. The second-order valence-corrected chi connectivity index (χ2v) is 13.3. The van der Waals surface area contributed by atoms with Gasteiger partial charge in [-0.25, -0.2) is 12.8 Å². The first-order valence-corrected chi connectivity index (χ1v) is 16.6. The third kappa shape index (κ3) is 7.09. The molecule has 0 aliphatic rings. The molecule has 8 heteroatoms. The first kappa shape index (κ1) is 31.0. The lowest BCUT2D eigenvalue weighted by atomic mass is 9.96. The van der Waals surface area contributed by atoms with E-state index in [1.165, 1.54) is 18.2 Å². The number of rotatable bonds is 12. The Kier molecular flexibility index (Phi) is 9.10. The van der Waals surface area contributed by atoms with E-state index in [2.05, 4.69) is 35.6 Å². The van der Waals surface area contributed by atoms with Crippen LogP contribution in [0.1, 0.15) is 16.9 Å². The van der Waals surface area contributed by atoms with Crippen LogP contribution in [0, 0.1) is 5.82 Å². The zero-order chi connectivity index (χ0) is 32.1. The number of aliphatic carboxylic acids is 1. The monoisotopic (exact) mass is 633 g/mol. The summed E-state index contributed by atoms with van der Waals surface area (Å²) in [6.45, 7) is -0.0627. The Bertz CT molecular complexity index is 2070. The molecule has 5 aromatic carbocycles. The molecule has 6 nitrogen and oxygen atoms in total. The number of nitrogens with one attached hydrogen (secondary N) is 1. The van der Waals surface area contributed by atoms with E-state index < -0.39 is 27.7 Å². The highest BCUT2D eigenvalue weighted by Crippen LogP contribution is 2.37. The van der Waals surface area contributed by atoms with Crippen molar-refractivity contribution in [2.24, 2.45) is 0 Å². The highest BCUT2D eigenvalue weighted by Gasteiger charge is 2.21. The summed E-state index contributed by atoms with van der Waals surface area (Å²) in [7, 11) is -3.67. The molecule has 6 rings (SSSR count). The van der Waals surface area contributed by atoms with Crippen molar-refractivity contribution in [3.63, 3.8) is 0 Å². The fraction of sp³-hybridized carbons (Fsp3) is 0.132. The molecule has 6 aromatic rings. The third-order valence-corrected chi connectivity index (χ3v) is 9.72. The zero-order valence-electron chi connectivity index (χ0n) is 24.9. The van der Waals surface area contributed by atoms with Gasteiger partial charge in [-0.15, -0.1) is 0 Å². The van der Waals surface area contributed by atoms with E-state index in [0.717, 1.165) is 44.5 Å². The summed E-state index contributed by atoms with van der Waals surface area (Å²) in [6, 6.07) is 37.7. The summed E-state index contributed by atoms with van der Waals surface area (Å²) in [5.74, 6) is -0.973. The van der Waals surface area contributed by atoms with Crippen LogP contribution < -0.4 is 5.32 Å². The molecule has 0 radical (unpaired) electrons. The number of hydrogen-bond acceptors (Lipinski definition) is 5. The fourth-order valence-corrected chi connectivity index (χ4v) is 6.81. The van der Waals surface area contributed by atoms with Crippen LogP contribution in [0.2, 0.25) is 0 Å². The number of sulfone groups is 1. The maximum atomic E-state index is 13.5. The molecular weight excluding hydrogens is 601 g/mol. The van der Waals surface area contributed by atoms with Gasteiger partial charge in [0.1, 0.15) is 23.2 Å². The Morgan fingerprint density at radius 3 is 2.09 bits per heavy atom. The van der Waals surface area contributed by atoms with Crippen LogP contribution in [0.15, 0.2) is 137 Å². The number of carboxylic acid groups (broad SMARTS) is 1. The first-order chi connectivity index (χ1) is 22.3. The summed E-state index contributed by atoms with van der Waals surface area (Å²) in [5.41, 5.74) is 6.41. The number of benzene rings is 5. The van der Waals surface area contributed by atoms with E-state index in [4.69, 9.17) is 4.42 Å². The Morgan fingerprint density at radius 2 is 1.39 bits per heavy atom. The average molecular weight is 634 g/mol. The van der Waals surface area contributed by atoms with Gasteiger partial charge in [0.25, 0.3) is 0 Å². The maximum Gasteiger partial charge on any atom is 0.321 e. The molecule has 2 N–H and O–H groups in total. The van der Waals surface area contributed by atoms with Crippen molar-refractivity contribution in [2.75, 3.05) is 12.3 Å². The highest BCUT2D eigenvalue weighted by molar-refractivity contribution is 7.91. The lowest BCUT2D eigenvalue weighted by Crippen LogP contribution is -2.40. The zero-order valence-corrected chi connectivity index (χ0v) is 25.7. The summed E-state index contributed by atoms with van der Waals surface area (Å²) in [6.07, 6.45) is 0.702. The second kappa shape index (κ2) is 13.5. The van der Waals surface area contributed by atoms with E-state index in [0.29, 0.717) is 12.0 Å². The van der Waals surface area contributed by atoms with Gasteiger partial charge in [0.2, 0.25) is 0 Å². The minimum atomic E-state index is -3.67. The van der Waals surface area contributed by atoms with Gasteiger partial charge >= 0.3 is 5.97 Å². The molecule has 0 aliphatic carbocycles. The van der Waals surface area contributed by atoms with Crippen molar-refractivity contribution in [1.82, 2.24) is 5.32 Å². The Labute approximate surface area is 267 Å². The molecule has 0 amide bonds. The Hall–Kier alpha value is -5.05. The molecule has 1 unspecified atom stereocenters. The normalized spacial score (nSPS) is 12.3. The van der Waals surface area contributed by atoms with Gasteiger partial charge in [0, 0.05) is 23.9 Å². The van der Waals surface area contributed by atoms with Gasteiger partial charge in [0.05, 0.1) is 10.6 Å². The van der Waals surface area contributed by atoms with Gasteiger partial charge in [-0.05, 0) is 64.6 Å². The van der Waals surface area contributed by atoms with Crippen molar-refractivity contribution >= 4 is 26.8 Å². The second-order valence-electron chi connectivity index (χ2n) is 11.2. The van der Waals surface area contributed by atoms with Crippen LogP contribution >= 0.6 is 0 Å². The van der Waals surface area contributed by atoms with Crippen molar-refractivity contribution in [3.8, 4) is 22.3 Å². The summed E-state index contributed by atoms with van der Waals surface area (Å²) in [4.78, 5) is 11.9.